The van der Waals surface area contributed by atoms with Crippen LogP contribution in [0.15, 0.2) is 42.2 Å². The fraction of sp³-hybridized carbons (Fsp3) is 0.200. The van der Waals surface area contributed by atoms with Gasteiger partial charge in [-0.25, -0.2) is 0 Å². The van der Waals surface area contributed by atoms with Crippen molar-refractivity contribution in [3.8, 4) is 0 Å². The van der Waals surface area contributed by atoms with E-state index in [0.717, 1.165) is 35.2 Å². The molecule has 0 aliphatic heterocycles. The van der Waals surface area contributed by atoms with Gasteiger partial charge in [-0.1, -0.05) is 24.3 Å². The number of ketones is 1. The Morgan fingerprint density at radius 2 is 2.22 bits per heavy atom. The Hall–Kier alpha value is -2.16. The Kier molecular flexibility index (Phi) is 2.59. The second-order valence-electron chi connectivity index (χ2n) is 4.46. The molecule has 3 rings (SSSR count). The van der Waals surface area contributed by atoms with Gasteiger partial charge < -0.3 is 0 Å². The third-order valence-corrected chi connectivity index (χ3v) is 3.25. The van der Waals surface area contributed by atoms with Crippen molar-refractivity contribution in [1.29, 1.82) is 0 Å². The van der Waals surface area contributed by atoms with Crippen molar-refractivity contribution >= 4 is 11.9 Å². The first-order chi connectivity index (χ1) is 8.78. The largest absolute Gasteiger partial charge is 0.289 e. The van der Waals surface area contributed by atoms with Crippen LogP contribution in [0.4, 0.5) is 0 Å². The van der Waals surface area contributed by atoms with Gasteiger partial charge in [-0.2, -0.15) is 5.10 Å². The minimum atomic E-state index is 0.148. The van der Waals surface area contributed by atoms with Gasteiger partial charge in [-0.05, 0) is 18.6 Å². The highest BCUT2D eigenvalue weighted by Gasteiger charge is 2.23. The normalized spacial score (nSPS) is 16.3. The molecular formula is C15H14N2O. The highest BCUT2D eigenvalue weighted by Crippen LogP contribution is 2.27. The van der Waals surface area contributed by atoms with Crippen LogP contribution in [0.2, 0.25) is 0 Å². The molecule has 0 saturated carbocycles. The zero-order valence-corrected chi connectivity index (χ0v) is 10.3. The number of allylic oxidation sites excluding steroid dienone is 1. The van der Waals surface area contributed by atoms with Crippen LogP contribution < -0.4 is 0 Å². The van der Waals surface area contributed by atoms with Crippen molar-refractivity contribution in [2.24, 2.45) is 0 Å². The lowest BCUT2D eigenvalue weighted by atomic mass is 10.1. The molecule has 18 heavy (non-hydrogen) atoms. The topological polar surface area (TPSA) is 34.9 Å². The van der Waals surface area contributed by atoms with Crippen molar-refractivity contribution in [3.63, 3.8) is 0 Å². The maximum Gasteiger partial charge on any atom is 0.189 e. The van der Waals surface area contributed by atoms with Crippen LogP contribution in [0.1, 0.15) is 28.4 Å². The molecule has 90 valence electrons. The number of Topliss-reactive ketones (excluding diaryl/α,β-unsaturated/α-hetero) is 1. The van der Waals surface area contributed by atoms with Gasteiger partial charge in [0, 0.05) is 35.9 Å². The van der Waals surface area contributed by atoms with Crippen molar-refractivity contribution in [2.75, 3.05) is 0 Å². The molecule has 0 amide bonds. The minimum absolute atomic E-state index is 0.148. The third kappa shape index (κ3) is 1.78. The van der Waals surface area contributed by atoms with Crippen molar-refractivity contribution in [1.82, 2.24) is 9.78 Å². The van der Waals surface area contributed by atoms with Crippen molar-refractivity contribution in [3.05, 3.63) is 58.9 Å². The zero-order valence-electron chi connectivity index (χ0n) is 10.3. The lowest BCUT2D eigenvalue weighted by molar-refractivity contribution is 0.104. The summed E-state index contributed by atoms with van der Waals surface area (Å²) in [5.41, 5.74) is 3.81. The fourth-order valence-electron chi connectivity index (χ4n) is 2.30. The Morgan fingerprint density at radius 3 is 2.94 bits per heavy atom. The quantitative estimate of drug-likeness (QED) is 0.754. The molecule has 0 radical (unpaired) electrons. The molecule has 1 aromatic heterocycles. The van der Waals surface area contributed by atoms with E-state index in [4.69, 9.17) is 0 Å². The number of carbonyl (C=O) groups excluding carboxylic acids is 1. The van der Waals surface area contributed by atoms with Gasteiger partial charge in [0.05, 0.1) is 6.20 Å². The molecule has 3 heteroatoms. The second-order valence-corrected chi connectivity index (χ2v) is 4.46. The number of rotatable bonds is 2. The molecule has 1 aliphatic carbocycles. The molecule has 1 aliphatic rings. The smallest absolute Gasteiger partial charge is 0.189 e. The molecule has 0 atom stereocenters. The molecule has 2 aromatic rings. The number of aryl methyl sites for hydroxylation is 1. The highest BCUT2D eigenvalue weighted by molar-refractivity contribution is 6.15. The average molecular weight is 238 g/mol. The van der Waals surface area contributed by atoms with Crippen molar-refractivity contribution < 1.29 is 4.79 Å². The first-order valence-electron chi connectivity index (χ1n) is 6.13. The second kappa shape index (κ2) is 4.26. The van der Waals surface area contributed by atoms with Gasteiger partial charge in [0.25, 0.3) is 0 Å². The maximum absolute atomic E-state index is 12.2. The Bertz CT molecular complexity index is 637. The van der Waals surface area contributed by atoms with E-state index in [0.29, 0.717) is 0 Å². The van der Waals surface area contributed by atoms with Crippen LogP contribution in [0.25, 0.3) is 6.08 Å². The predicted molar refractivity (Wildman–Crippen MR) is 70.4 cm³/mol. The van der Waals surface area contributed by atoms with Gasteiger partial charge in [0.15, 0.2) is 5.78 Å². The van der Waals surface area contributed by atoms with E-state index >= 15 is 0 Å². The first-order valence-corrected chi connectivity index (χ1v) is 6.13. The first kappa shape index (κ1) is 11.0. The summed E-state index contributed by atoms with van der Waals surface area (Å²) in [6, 6.07) is 7.80. The highest BCUT2D eigenvalue weighted by atomic mass is 16.1. The summed E-state index contributed by atoms with van der Waals surface area (Å²) in [6.07, 6.45) is 6.43. The number of carbonyl (C=O) groups is 1. The van der Waals surface area contributed by atoms with Crippen LogP contribution in [-0.2, 0) is 13.0 Å². The Labute approximate surface area is 106 Å². The number of aromatic nitrogens is 2. The van der Waals surface area contributed by atoms with Crippen LogP contribution in [0.5, 0.6) is 0 Å². The van der Waals surface area contributed by atoms with Gasteiger partial charge in [0.2, 0.25) is 0 Å². The summed E-state index contributed by atoms with van der Waals surface area (Å²) >= 11 is 0. The molecule has 0 fully saturated rings. The van der Waals surface area contributed by atoms with Gasteiger partial charge in [0.1, 0.15) is 0 Å². The van der Waals surface area contributed by atoms with Crippen LogP contribution in [0, 0.1) is 0 Å². The minimum Gasteiger partial charge on any atom is -0.289 e. The summed E-state index contributed by atoms with van der Waals surface area (Å²) in [7, 11) is 0. The lowest BCUT2D eigenvalue weighted by Gasteiger charge is -1.93. The molecule has 1 aromatic carbocycles. The number of hydrogen-bond acceptors (Lipinski definition) is 2. The summed E-state index contributed by atoms with van der Waals surface area (Å²) in [6.45, 7) is 2.89. The standard InChI is InChI=1S/C15H14N2O/c1-2-17-10-11(9-16-17)7-13-8-12-5-3-4-6-14(12)15(13)18/h3-7,9-10H,2,8H2,1H3. The van der Waals surface area contributed by atoms with Crippen LogP contribution in [-0.4, -0.2) is 15.6 Å². The molecule has 0 N–H and O–H groups in total. The van der Waals surface area contributed by atoms with E-state index in [1.54, 1.807) is 6.20 Å². The number of nitrogens with zero attached hydrogens (tertiary/aromatic N) is 2. The summed E-state index contributed by atoms with van der Waals surface area (Å²) in [5, 5.41) is 4.21. The Balaban J connectivity index is 1.94. The van der Waals surface area contributed by atoms with E-state index in [2.05, 4.69) is 5.10 Å². The number of fused-ring (bicyclic) bond motifs is 1. The summed E-state index contributed by atoms with van der Waals surface area (Å²) in [4.78, 5) is 12.2. The number of benzene rings is 1. The average Bonchev–Trinajstić information content (AvgIpc) is 2.97. The Morgan fingerprint density at radius 1 is 1.39 bits per heavy atom. The van der Waals surface area contributed by atoms with Crippen LogP contribution >= 0.6 is 0 Å². The summed E-state index contributed by atoms with van der Waals surface area (Å²) in [5.74, 6) is 0.148. The third-order valence-electron chi connectivity index (χ3n) is 3.25. The van der Waals surface area contributed by atoms with Crippen LogP contribution in [0.3, 0.4) is 0 Å². The molecule has 0 saturated heterocycles. The molecular weight excluding hydrogens is 224 g/mol. The van der Waals surface area contributed by atoms with E-state index in [1.807, 2.05) is 48.1 Å². The van der Waals surface area contributed by atoms with E-state index < -0.39 is 0 Å². The number of hydrogen-bond donors (Lipinski definition) is 0. The monoisotopic (exact) mass is 238 g/mol. The van der Waals surface area contributed by atoms with Gasteiger partial charge in [-0.3, -0.25) is 9.48 Å². The molecule has 0 unspecified atom stereocenters. The molecule has 0 bridgehead atoms. The SMILES string of the molecule is CCn1cc(C=C2Cc3ccccc3C2=O)cn1. The molecule has 1 heterocycles. The fourth-order valence-corrected chi connectivity index (χ4v) is 2.30. The van der Waals surface area contributed by atoms with E-state index in [9.17, 15) is 4.79 Å². The molecule has 0 spiro atoms. The zero-order chi connectivity index (χ0) is 12.5. The predicted octanol–water partition coefficient (Wildman–Crippen LogP) is 2.73. The van der Waals surface area contributed by atoms with Gasteiger partial charge in [-0.15, -0.1) is 0 Å². The summed E-state index contributed by atoms with van der Waals surface area (Å²) < 4.78 is 1.86. The van der Waals surface area contributed by atoms with Gasteiger partial charge >= 0.3 is 0 Å². The van der Waals surface area contributed by atoms with Crippen molar-refractivity contribution in [2.45, 2.75) is 19.9 Å². The molecule has 3 nitrogen and oxygen atoms in total. The lowest BCUT2D eigenvalue weighted by Crippen LogP contribution is -1.94. The van der Waals surface area contributed by atoms with E-state index in [-0.39, 0.29) is 5.78 Å². The maximum atomic E-state index is 12.2. The van der Waals surface area contributed by atoms with E-state index in [1.165, 1.54) is 0 Å².